The lowest BCUT2D eigenvalue weighted by Gasteiger charge is -2.24. The van der Waals surface area contributed by atoms with Gasteiger partial charge in [-0.25, -0.2) is 9.79 Å². The van der Waals surface area contributed by atoms with E-state index in [1.54, 1.807) is 54.8 Å². The number of esters is 1. The zero-order chi connectivity index (χ0) is 25.4. The molecule has 0 unspecified atom stereocenters. The number of furan rings is 1. The van der Waals surface area contributed by atoms with E-state index < -0.39 is 12.0 Å². The van der Waals surface area contributed by atoms with E-state index in [1.165, 1.54) is 11.3 Å². The first-order valence-corrected chi connectivity index (χ1v) is 12.7. The minimum Gasteiger partial charge on any atom is -0.463 e. The van der Waals surface area contributed by atoms with Crippen molar-refractivity contribution >= 4 is 46.6 Å². The van der Waals surface area contributed by atoms with Crippen LogP contribution in [0.25, 0.3) is 17.4 Å². The monoisotopic (exact) mass is 538 g/mol. The molecule has 0 spiro atoms. The maximum atomic E-state index is 13.6. The molecule has 6 nitrogen and oxygen atoms in total. The second-order valence-electron chi connectivity index (χ2n) is 8.04. The summed E-state index contributed by atoms with van der Waals surface area (Å²) in [6.45, 7) is 3.73. The fourth-order valence-electron chi connectivity index (χ4n) is 4.14. The van der Waals surface area contributed by atoms with Crippen molar-refractivity contribution in [2.75, 3.05) is 6.61 Å². The summed E-state index contributed by atoms with van der Waals surface area (Å²) in [5, 5.41) is 0.995. The van der Waals surface area contributed by atoms with Gasteiger partial charge in [0.15, 0.2) is 4.80 Å². The molecule has 0 saturated carbocycles. The van der Waals surface area contributed by atoms with Crippen LogP contribution < -0.4 is 14.9 Å². The van der Waals surface area contributed by atoms with Crippen molar-refractivity contribution < 1.29 is 13.9 Å². The molecule has 2 aromatic heterocycles. The standard InChI is InChI=1S/C27H20Cl2N2O4S/c1-3-34-26(33)23-15(2)30-27-31(24(23)16-7-5-4-6-8-16)25(32)22(36-27)14-18-10-12-21(35-18)19-11-9-17(28)13-20(19)29/h4-14,24H,3H2,1-2H3/b22-14+/t24-/m1/s1. The molecule has 4 aromatic rings. The van der Waals surface area contributed by atoms with Gasteiger partial charge in [0.25, 0.3) is 5.56 Å². The molecule has 5 rings (SSSR count). The van der Waals surface area contributed by atoms with E-state index in [-0.39, 0.29) is 12.2 Å². The molecule has 0 bridgehead atoms. The molecule has 0 fully saturated rings. The number of halogens is 2. The molecule has 182 valence electrons. The van der Waals surface area contributed by atoms with Crippen LogP contribution in [0.15, 0.2) is 86.1 Å². The Morgan fingerprint density at radius 3 is 2.67 bits per heavy atom. The fourth-order valence-corrected chi connectivity index (χ4v) is 5.66. The zero-order valence-electron chi connectivity index (χ0n) is 19.3. The highest BCUT2D eigenvalue weighted by atomic mass is 35.5. The highest BCUT2D eigenvalue weighted by Crippen LogP contribution is 2.32. The van der Waals surface area contributed by atoms with Gasteiger partial charge in [0, 0.05) is 16.7 Å². The third-order valence-electron chi connectivity index (χ3n) is 5.73. The van der Waals surface area contributed by atoms with Gasteiger partial charge < -0.3 is 9.15 Å². The van der Waals surface area contributed by atoms with E-state index in [2.05, 4.69) is 4.99 Å². The van der Waals surface area contributed by atoms with E-state index in [1.807, 2.05) is 30.3 Å². The normalized spacial score (nSPS) is 15.6. The largest absolute Gasteiger partial charge is 0.463 e. The summed E-state index contributed by atoms with van der Waals surface area (Å²) in [5.74, 6) is 0.551. The van der Waals surface area contributed by atoms with Crippen molar-refractivity contribution in [1.29, 1.82) is 0 Å². The maximum absolute atomic E-state index is 13.6. The summed E-state index contributed by atoms with van der Waals surface area (Å²) in [6.07, 6.45) is 1.67. The smallest absolute Gasteiger partial charge is 0.338 e. The molecular weight excluding hydrogens is 519 g/mol. The Kier molecular flexibility index (Phi) is 6.71. The third-order valence-corrected chi connectivity index (χ3v) is 7.26. The number of allylic oxidation sites excluding steroid dienone is 1. The quantitative estimate of drug-likeness (QED) is 0.320. The average Bonchev–Trinajstić information content (AvgIpc) is 3.43. The van der Waals surface area contributed by atoms with Gasteiger partial charge in [0.2, 0.25) is 0 Å². The van der Waals surface area contributed by atoms with Crippen molar-refractivity contribution in [3.63, 3.8) is 0 Å². The molecule has 1 aliphatic heterocycles. The van der Waals surface area contributed by atoms with Gasteiger partial charge in [-0.15, -0.1) is 0 Å². The summed E-state index contributed by atoms with van der Waals surface area (Å²) in [5.41, 5.74) is 2.08. The number of fused-ring (bicyclic) bond motifs is 1. The first kappa shape index (κ1) is 24.3. The summed E-state index contributed by atoms with van der Waals surface area (Å²) in [7, 11) is 0. The van der Waals surface area contributed by atoms with E-state index >= 15 is 0 Å². The highest BCUT2D eigenvalue weighted by Gasteiger charge is 2.33. The van der Waals surface area contributed by atoms with Gasteiger partial charge in [-0.1, -0.05) is 64.9 Å². The fraction of sp³-hybridized carbons (Fsp3) is 0.148. The number of nitrogens with zero attached hydrogens (tertiary/aromatic N) is 2. The van der Waals surface area contributed by atoms with Crippen molar-refractivity contribution in [3.05, 3.63) is 113 Å². The predicted octanol–water partition coefficient (Wildman–Crippen LogP) is 5.37. The molecule has 0 radical (unpaired) electrons. The van der Waals surface area contributed by atoms with E-state index in [4.69, 9.17) is 32.4 Å². The van der Waals surface area contributed by atoms with Crippen LogP contribution in [0, 0.1) is 0 Å². The van der Waals surface area contributed by atoms with Crippen LogP contribution in [0.4, 0.5) is 0 Å². The molecule has 1 atom stereocenters. The first-order chi connectivity index (χ1) is 17.4. The lowest BCUT2D eigenvalue weighted by atomic mass is 9.96. The number of carbonyl (C=O) groups excluding carboxylic acids is 1. The Bertz CT molecular complexity index is 1680. The third kappa shape index (κ3) is 4.46. The molecule has 2 aromatic carbocycles. The average molecular weight is 539 g/mol. The lowest BCUT2D eigenvalue weighted by Crippen LogP contribution is -2.39. The number of benzene rings is 2. The van der Waals surface area contributed by atoms with E-state index in [0.717, 1.165) is 5.56 Å². The second-order valence-corrected chi connectivity index (χ2v) is 9.89. The lowest BCUT2D eigenvalue weighted by molar-refractivity contribution is -0.139. The molecule has 0 saturated heterocycles. The molecule has 0 N–H and O–H groups in total. The number of ether oxygens (including phenoxy) is 1. The minimum absolute atomic E-state index is 0.222. The molecule has 0 amide bonds. The Labute approximate surface area is 220 Å². The number of hydrogen-bond donors (Lipinski definition) is 0. The molecular formula is C27H20Cl2N2O4S. The van der Waals surface area contributed by atoms with Gasteiger partial charge in [-0.2, -0.15) is 0 Å². The molecule has 9 heteroatoms. The van der Waals surface area contributed by atoms with Gasteiger partial charge >= 0.3 is 5.97 Å². The minimum atomic E-state index is -0.649. The summed E-state index contributed by atoms with van der Waals surface area (Å²) in [4.78, 5) is 31.6. The maximum Gasteiger partial charge on any atom is 0.338 e. The Balaban J connectivity index is 1.63. The Morgan fingerprint density at radius 2 is 1.94 bits per heavy atom. The number of rotatable bonds is 5. The van der Waals surface area contributed by atoms with E-state index in [9.17, 15) is 9.59 Å². The number of thiazole rings is 1. The molecule has 36 heavy (non-hydrogen) atoms. The molecule has 1 aliphatic rings. The van der Waals surface area contributed by atoms with Crippen LogP contribution in [0.2, 0.25) is 10.0 Å². The number of hydrogen-bond acceptors (Lipinski definition) is 6. The van der Waals surface area contributed by atoms with Crippen LogP contribution >= 0.6 is 34.5 Å². The van der Waals surface area contributed by atoms with Crippen molar-refractivity contribution in [1.82, 2.24) is 4.57 Å². The molecule has 0 aliphatic carbocycles. The van der Waals surface area contributed by atoms with Crippen molar-refractivity contribution in [2.45, 2.75) is 19.9 Å². The van der Waals surface area contributed by atoms with Crippen LogP contribution in [0.5, 0.6) is 0 Å². The van der Waals surface area contributed by atoms with Crippen LogP contribution in [-0.4, -0.2) is 17.1 Å². The van der Waals surface area contributed by atoms with Crippen LogP contribution in [0.3, 0.4) is 0 Å². The van der Waals surface area contributed by atoms with Crippen LogP contribution in [0.1, 0.15) is 31.2 Å². The summed E-state index contributed by atoms with van der Waals surface area (Å²) >= 11 is 13.6. The SMILES string of the molecule is CCOC(=O)C1=C(C)N=c2s/c(=C/c3ccc(-c4ccc(Cl)cc4Cl)o3)c(=O)n2[C@@H]1c1ccccc1. The molecule has 3 heterocycles. The van der Waals surface area contributed by atoms with Gasteiger partial charge in [-0.05, 0) is 49.7 Å². The van der Waals surface area contributed by atoms with Crippen molar-refractivity contribution in [2.24, 2.45) is 4.99 Å². The predicted molar refractivity (Wildman–Crippen MR) is 141 cm³/mol. The van der Waals surface area contributed by atoms with Crippen molar-refractivity contribution in [3.8, 4) is 11.3 Å². The van der Waals surface area contributed by atoms with Gasteiger partial charge in [0.05, 0.1) is 33.5 Å². The number of carbonyl (C=O) groups is 1. The topological polar surface area (TPSA) is 73.8 Å². The van der Waals surface area contributed by atoms with Gasteiger partial charge in [0.1, 0.15) is 11.5 Å². The zero-order valence-corrected chi connectivity index (χ0v) is 21.7. The number of aromatic nitrogens is 1. The summed E-state index contributed by atoms with van der Waals surface area (Å²) in [6, 6.07) is 17.4. The second kappa shape index (κ2) is 9.93. The van der Waals surface area contributed by atoms with Crippen LogP contribution in [-0.2, 0) is 9.53 Å². The Hall–Kier alpha value is -3.39. The van der Waals surface area contributed by atoms with Gasteiger partial charge in [-0.3, -0.25) is 9.36 Å². The Morgan fingerprint density at radius 1 is 1.17 bits per heavy atom. The summed E-state index contributed by atoms with van der Waals surface area (Å²) < 4.78 is 13.3. The highest BCUT2D eigenvalue weighted by molar-refractivity contribution is 7.07. The first-order valence-electron chi connectivity index (χ1n) is 11.2. The van der Waals surface area contributed by atoms with E-state index in [0.29, 0.717) is 47.7 Å².